The zero-order valence-electron chi connectivity index (χ0n) is 5.79. The van der Waals surface area contributed by atoms with E-state index in [1.54, 1.807) is 0 Å². The Balaban J connectivity index is 2.43. The lowest BCUT2D eigenvalue weighted by atomic mass is 9.97. The van der Waals surface area contributed by atoms with Gasteiger partial charge in [-0.25, -0.2) is 0 Å². The molecule has 0 aromatic carbocycles. The first-order chi connectivity index (χ1) is 4.74. The van der Waals surface area contributed by atoms with Crippen molar-refractivity contribution in [3.8, 4) is 0 Å². The number of aliphatic hydroxyl groups is 2. The fourth-order valence-electron chi connectivity index (χ4n) is 0.977. The van der Waals surface area contributed by atoms with Gasteiger partial charge in [-0.05, 0) is 0 Å². The molecular formula is C7H12O3. The summed E-state index contributed by atoms with van der Waals surface area (Å²) in [4.78, 5) is 0. The fraction of sp³-hybridized carbons (Fsp3) is 0.714. The van der Waals surface area contributed by atoms with Gasteiger partial charge >= 0.3 is 0 Å². The first-order valence-electron chi connectivity index (χ1n) is 3.32. The molecule has 2 atom stereocenters. The van der Waals surface area contributed by atoms with Gasteiger partial charge in [0.25, 0.3) is 0 Å². The van der Waals surface area contributed by atoms with Gasteiger partial charge in [0.2, 0.25) is 0 Å². The summed E-state index contributed by atoms with van der Waals surface area (Å²) in [6.45, 7) is 4.16. The Hall–Kier alpha value is -0.380. The Labute approximate surface area is 59.9 Å². The van der Waals surface area contributed by atoms with Crippen LogP contribution < -0.4 is 0 Å². The van der Waals surface area contributed by atoms with E-state index in [1.807, 2.05) is 0 Å². The largest absolute Gasteiger partial charge is 0.396 e. The van der Waals surface area contributed by atoms with Gasteiger partial charge in [-0.3, -0.25) is 0 Å². The fourth-order valence-corrected chi connectivity index (χ4v) is 0.977. The molecule has 1 rings (SSSR count). The van der Waals surface area contributed by atoms with Gasteiger partial charge in [0, 0.05) is 12.3 Å². The molecule has 2 unspecified atom stereocenters. The van der Waals surface area contributed by atoms with E-state index in [0.29, 0.717) is 13.0 Å². The van der Waals surface area contributed by atoms with Crippen LogP contribution in [0.15, 0.2) is 12.2 Å². The van der Waals surface area contributed by atoms with E-state index >= 15 is 0 Å². The van der Waals surface area contributed by atoms with Crippen molar-refractivity contribution in [1.82, 2.24) is 0 Å². The van der Waals surface area contributed by atoms with E-state index in [2.05, 4.69) is 6.58 Å². The van der Waals surface area contributed by atoms with Crippen LogP contribution in [0.4, 0.5) is 0 Å². The zero-order chi connectivity index (χ0) is 7.56. The number of aliphatic hydroxyl groups excluding tert-OH is 2. The summed E-state index contributed by atoms with van der Waals surface area (Å²) in [7, 11) is 0. The van der Waals surface area contributed by atoms with Crippen LogP contribution in [0.2, 0.25) is 0 Å². The molecule has 2 N–H and O–H groups in total. The van der Waals surface area contributed by atoms with E-state index < -0.39 is 6.29 Å². The van der Waals surface area contributed by atoms with E-state index in [0.717, 1.165) is 5.57 Å². The molecule has 3 heteroatoms. The maximum Gasteiger partial charge on any atom is 0.158 e. The maximum absolute atomic E-state index is 8.93. The van der Waals surface area contributed by atoms with E-state index in [4.69, 9.17) is 14.9 Å². The van der Waals surface area contributed by atoms with Crippen molar-refractivity contribution in [2.45, 2.75) is 12.7 Å². The van der Waals surface area contributed by atoms with Crippen molar-refractivity contribution in [2.75, 3.05) is 13.2 Å². The summed E-state index contributed by atoms with van der Waals surface area (Å²) >= 11 is 0. The van der Waals surface area contributed by atoms with Crippen LogP contribution in [0, 0.1) is 5.92 Å². The van der Waals surface area contributed by atoms with Crippen LogP contribution in [0.3, 0.4) is 0 Å². The maximum atomic E-state index is 8.93. The predicted molar refractivity (Wildman–Crippen MR) is 36.3 cm³/mol. The summed E-state index contributed by atoms with van der Waals surface area (Å²) in [5.74, 6) is 0.0170. The number of hydrogen-bond donors (Lipinski definition) is 2. The predicted octanol–water partition coefficient (Wildman–Crippen LogP) is -0.110. The molecule has 3 nitrogen and oxygen atoms in total. The highest BCUT2D eigenvalue weighted by molar-refractivity contribution is 5.03. The van der Waals surface area contributed by atoms with E-state index in [-0.39, 0.29) is 12.5 Å². The second-order valence-electron chi connectivity index (χ2n) is 2.53. The smallest absolute Gasteiger partial charge is 0.158 e. The molecule has 1 aliphatic rings. The Morgan fingerprint density at radius 2 is 2.40 bits per heavy atom. The van der Waals surface area contributed by atoms with Gasteiger partial charge in [0.1, 0.15) is 0 Å². The van der Waals surface area contributed by atoms with Crippen LogP contribution in [0.5, 0.6) is 0 Å². The van der Waals surface area contributed by atoms with Crippen molar-refractivity contribution >= 4 is 0 Å². The lowest BCUT2D eigenvalue weighted by Crippen LogP contribution is -2.29. The van der Waals surface area contributed by atoms with Crippen LogP contribution in [0.1, 0.15) is 6.42 Å². The van der Waals surface area contributed by atoms with E-state index in [9.17, 15) is 0 Å². The SMILES string of the molecule is C=C1CC(O)OCC1CO. The molecule has 0 aromatic rings. The van der Waals surface area contributed by atoms with Gasteiger partial charge in [-0.1, -0.05) is 12.2 Å². The number of ether oxygens (including phenoxy) is 1. The monoisotopic (exact) mass is 144 g/mol. The average molecular weight is 144 g/mol. The third kappa shape index (κ3) is 1.56. The molecule has 1 saturated heterocycles. The van der Waals surface area contributed by atoms with Crippen molar-refractivity contribution in [3.63, 3.8) is 0 Å². The molecule has 1 heterocycles. The molecule has 1 fully saturated rings. The lowest BCUT2D eigenvalue weighted by molar-refractivity contribution is -0.127. The Morgan fingerprint density at radius 1 is 1.70 bits per heavy atom. The molecule has 10 heavy (non-hydrogen) atoms. The third-order valence-corrected chi connectivity index (χ3v) is 1.72. The highest BCUT2D eigenvalue weighted by Crippen LogP contribution is 2.21. The molecular weight excluding hydrogens is 132 g/mol. The van der Waals surface area contributed by atoms with Crippen LogP contribution in [-0.2, 0) is 4.74 Å². The molecule has 0 aliphatic carbocycles. The minimum Gasteiger partial charge on any atom is -0.396 e. The highest BCUT2D eigenvalue weighted by Gasteiger charge is 2.22. The van der Waals surface area contributed by atoms with Crippen molar-refractivity contribution < 1.29 is 14.9 Å². The topological polar surface area (TPSA) is 49.7 Å². The summed E-state index contributed by atoms with van der Waals surface area (Å²) < 4.78 is 4.89. The molecule has 0 amide bonds. The minimum atomic E-state index is -0.713. The second-order valence-corrected chi connectivity index (χ2v) is 2.53. The van der Waals surface area contributed by atoms with Gasteiger partial charge in [0.15, 0.2) is 6.29 Å². The van der Waals surface area contributed by atoms with Crippen LogP contribution >= 0.6 is 0 Å². The average Bonchev–Trinajstić information content (AvgIpc) is 1.88. The minimum absolute atomic E-state index is 0.0170. The summed E-state index contributed by atoms with van der Waals surface area (Å²) in [6.07, 6.45) is -0.263. The molecule has 0 bridgehead atoms. The Morgan fingerprint density at radius 3 is 2.90 bits per heavy atom. The van der Waals surface area contributed by atoms with Gasteiger partial charge in [0.05, 0.1) is 13.2 Å². The van der Waals surface area contributed by atoms with Crippen molar-refractivity contribution in [1.29, 1.82) is 0 Å². The number of rotatable bonds is 1. The first-order valence-corrected chi connectivity index (χ1v) is 3.32. The molecule has 0 radical (unpaired) electrons. The highest BCUT2D eigenvalue weighted by atomic mass is 16.6. The quantitative estimate of drug-likeness (QED) is 0.505. The summed E-state index contributed by atoms with van der Waals surface area (Å²) in [5.41, 5.74) is 0.876. The molecule has 58 valence electrons. The summed E-state index contributed by atoms with van der Waals surface area (Å²) in [5, 5.41) is 17.7. The van der Waals surface area contributed by atoms with Gasteiger partial charge in [-0.15, -0.1) is 0 Å². The standard InChI is InChI=1S/C7H12O3/c1-5-2-7(9)10-4-6(5)3-8/h6-9H,1-4H2. The third-order valence-electron chi connectivity index (χ3n) is 1.72. The summed E-state index contributed by atoms with van der Waals surface area (Å²) in [6, 6.07) is 0. The zero-order valence-corrected chi connectivity index (χ0v) is 5.79. The number of hydrogen-bond acceptors (Lipinski definition) is 3. The first kappa shape index (κ1) is 7.72. The van der Waals surface area contributed by atoms with Gasteiger partial charge in [-0.2, -0.15) is 0 Å². The second kappa shape index (κ2) is 3.14. The lowest BCUT2D eigenvalue weighted by Gasteiger charge is -2.26. The molecule has 0 saturated carbocycles. The Bertz CT molecular complexity index is 133. The van der Waals surface area contributed by atoms with Crippen LogP contribution in [0.25, 0.3) is 0 Å². The van der Waals surface area contributed by atoms with Crippen molar-refractivity contribution in [2.24, 2.45) is 5.92 Å². The van der Waals surface area contributed by atoms with E-state index in [1.165, 1.54) is 0 Å². The normalized spacial score (nSPS) is 34.4. The molecule has 0 spiro atoms. The van der Waals surface area contributed by atoms with Crippen LogP contribution in [-0.4, -0.2) is 29.7 Å². The van der Waals surface area contributed by atoms with Gasteiger partial charge < -0.3 is 14.9 Å². The molecule has 0 aromatic heterocycles. The Kier molecular flexibility index (Phi) is 2.43. The molecule has 1 aliphatic heterocycles. The van der Waals surface area contributed by atoms with Crippen molar-refractivity contribution in [3.05, 3.63) is 12.2 Å².